The van der Waals surface area contributed by atoms with Gasteiger partial charge in [-0.2, -0.15) is 0 Å². The summed E-state index contributed by atoms with van der Waals surface area (Å²) in [7, 11) is -3.65. The van der Waals surface area contributed by atoms with E-state index in [1.807, 2.05) is 31.2 Å². The number of hydrogen-bond donors (Lipinski definition) is 1. The predicted octanol–water partition coefficient (Wildman–Crippen LogP) is 3.17. The number of aromatic nitrogens is 2. The summed E-state index contributed by atoms with van der Waals surface area (Å²) >= 11 is 0. The first-order valence-corrected chi connectivity index (χ1v) is 10.6. The van der Waals surface area contributed by atoms with Crippen molar-refractivity contribution in [3.8, 4) is 22.9 Å². The second-order valence-electron chi connectivity index (χ2n) is 6.79. The zero-order valence-corrected chi connectivity index (χ0v) is 16.3. The van der Waals surface area contributed by atoms with Crippen molar-refractivity contribution < 1.29 is 17.6 Å². The van der Waals surface area contributed by atoms with Crippen LogP contribution in [0.1, 0.15) is 18.4 Å². The highest BCUT2D eigenvalue weighted by Gasteiger charge is 2.21. The summed E-state index contributed by atoms with van der Waals surface area (Å²) in [5.74, 6) is 0.659. The maximum absolute atomic E-state index is 12.6. The molecule has 3 aromatic rings. The van der Waals surface area contributed by atoms with E-state index in [0.29, 0.717) is 18.1 Å². The SMILES string of the molecule is Cc1ccc(-c2nnc(-c3cccc(S(=O)(=O)NCC4CCCO4)c3)o2)cc1. The molecule has 0 spiro atoms. The van der Waals surface area contributed by atoms with Crippen molar-refractivity contribution >= 4 is 10.0 Å². The number of aryl methyl sites for hydroxylation is 1. The van der Waals surface area contributed by atoms with Gasteiger partial charge in [-0.15, -0.1) is 10.2 Å². The standard InChI is InChI=1S/C20H21N3O4S/c1-14-7-9-15(10-8-14)19-22-23-20(27-19)16-4-2-6-18(12-16)28(24,25)21-13-17-5-3-11-26-17/h2,4,6-10,12,17,21H,3,5,11,13H2,1H3. The molecule has 8 heteroatoms. The van der Waals surface area contributed by atoms with Crippen LogP contribution in [0.4, 0.5) is 0 Å². The molecule has 1 saturated heterocycles. The van der Waals surface area contributed by atoms with Crippen LogP contribution in [-0.4, -0.2) is 37.9 Å². The number of sulfonamides is 1. The first kappa shape index (κ1) is 18.8. The van der Waals surface area contributed by atoms with Crippen molar-refractivity contribution in [2.24, 2.45) is 0 Å². The molecule has 1 aliphatic heterocycles. The van der Waals surface area contributed by atoms with Crippen LogP contribution in [0.3, 0.4) is 0 Å². The Morgan fingerprint density at radius 2 is 1.82 bits per heavy atom. The predicted molar refractivity (Wildman–Crippen MR) is 104 cm³/mol. The fourth-order valence-corrected chi connectivity index (χ4v) is 4.15. The molecule has 1 aliphatic rings. The van der Waals surface area contributed by atoms with E-state index in [1.165, 1.54) is 6.07 Å². The highest BCUT2D eigenvalue weighted by Crippen LogP contribution is 2.26. The number of benzene rings is 2. The van der Waals surface area contributed by atoms with Crippen molar-refractivity contribution in [1.29, 1.82) is 0 Å². The lowest BCUT2D eigenvalue weighted by Gasteiger charge is -2.11. The average molecular weight is 399 g/mol. The number of rotatable bonds is 6. The summed E-state index contributed by atoms with van der Waals surface area (Å²) in [5.41, 5.74) is 2.49. The van der Waals surface area contributed by atoms with E-state index >= 15 is 0 Å². The third kappa shape index (κ3) is 4.14. The molecule has 0 bridgehead atoms. The van der Waals surface area contributed by atoms with Gasteiger partial charge in [-0.1, -0.05) is 23.8 Å². The zero-order valence-electron chi connectivity index (χ0n) is 15.5. The van der Waals surface area contributed by atoms with Gasteiger partial charge in [0.15, 0.2) is 0 Å². The van der Waals surface area contributed by atoms with Crippen molar-refractivity contribution in [2.75, 3.05) is 13.2 Å². The topological polar surface area (TPSA) is 94.3 Å². The van der Waals surface area contributed by atoms with Crippen molar-refractivity contribution in [3.63, 3.8) is 0 Å². The van der Waals surface area contributed by atoms with Gasteiger partial charge in [-0.05, 0) is 50.1 Å². The normalized spacial score (nSPS) is 17.1. The van der Waals surface area contributed by atoms with Crippen LogP contribution in [0.15, 0.2) is 57.8 Å². The number of nitrogens with one attached hydrogen (secondary N) is 1. The van der Waals surface area contributed by atoms with Crippen molar-refractivity contribution in [3.05, 3.63) is 54.1 Å². The largest absolute Gasteiger partial charge is 0.416 e. The summed E-state index contributed by atoms with van der Waals surface area (Å²) in [4.78, 5) is 0.151. The minimum Gasteiger partial charge on any atom is -0.416 e. The van der Waals surface area contributed by atoms with E-state index in [1.54, 1.807) is 18.2 Å². The van der Waals surface area contributed by atoms with Crippen molar-refractivity contribution in [1.82, 2.24) is 14.9 Å². The summed E-state index contributed by atoms with van der Waals surface area (Å²) < 4.78 is 39.0. The molecule has 28 heavy (non-hydrogen) atoms. The monoisotopic (exact) mass is 399 g/mol. The third-order valence-electron chi connectivity index (χ3n) is 4.64. The second kappa shape index (κ2) is 7.83. The van der Waals surface area contributed by atoms with Crippen LogP contribution in [0, 0.1) is 6.92 Å². The lowest BCUT2D eigenvalue weighted by Crippen LogP contribution is -2.31. The molecular weight excluding hydrogens is 378 g/mol. The van der Waals surface area contributed by atoms with Crippen LogP contribution < -0.4 is 4.72 Å². The van der Waals surface area contributed by atoms with Gasteiger partial charge in [0.05, 0.1) is 11.0 Å². The molecule has 0 aliphatic carbocycles. The fourth-order valence-electron chi connectivity index (χ4n) is 3.04. The highest BCUT2D eigenvalue weighted by molar-refractivity contribution is 7.89. The smallest absolute Gasteiger partial charge is 0.248 e. The van der Waals surface area contributed by atoms with Crippen LogP contribution >= 0.6 is 0 Å². The molecule has 1 unspecified atom stereocenters. The molecule has 146 valence electrons. The van der Waals surface area contributed by atoms with Gasteiger partial charge in [-0.25, -0.2) is 13.1 Å². The maximum atomic E-state index is 12.6. The lowest BCUT2D eigenvalue weighted by atomic mass is 10.1. The molecule has 2 heterocycles. The van der Waals surface area contributed by atoms with Gasteiger partial charge in [0.2, 0.25) is 21.8 Å². The van der Waals surface area contributed by atoms with Gasteiger partial charge in [0.25, 0.3) is 0 Å². The summed E-state index contributed by atoms with van der Waals surface area (Å²) in [6, 6.07) is 14.2. The molecule has 1 aromatic heterocycles. The molecular formula is C20H21N3O4S. The Bertz CT molecular complexity index is 1060. The Hall–Kier alpha value is -2.55. The quantitative estimate of drug-likeness (QED) is 0.684. The Kier molecular flexibility index (Phi) is 5.25. The Labute approximate surface area is 163 Å². The molecule has 1 atom stereocenters. The maximum Gasteiger partial charge on any atom is 0.248 e. The van der Waals surface area contributed by atoms with Crippen molar-refractivity contribution in [2.45, 2.75) is 30.8 Å². The lowest BCUT2D eigenvalue weighted by molar-refractivity contribution is 0.114. The molecule has 1 fully saturated rings. The highest BCUT2D eigenvalue weighted by atomic mass is 32.2. The van der Waals surface area contributed by atoms with Gasteiger partial charge >= 0.3 is 0 Å². The second-order valence-corrected chi connectivity index (χ2v) is 8.56. The molecule has 0 amide bonds. The van der Waals surface area contributed by atoms with E-state index < -0.39 is 10.0 Å². The summed E-state index contributed by atoms with van der Waals surface area (Å²) in [6.45, 7) is 2.95. The van der Waals surface area contributed by atoms with Crippen LogP contribution in [0.2, 0.25) is 0 Å². The Morgan fingerprint density at radius 1 is 1.07 bits per heavy atom. The average Bonchev–Trinajstić information content (AvgIpc) is 3.39. The first-order chi connectivity index (χ1) is 13.5. The molecule has 1 N–H and O–H groups in total. The van der Waals surface area contributed by atoms with Gasteiger partial charge in [-0.3, -0.25) is 0 Å². The van der Waals surface area contributed by atoms with E-state index in [4.69, 9.17) is 9.15 Å². The molecule has 2 aromatic carbocycles. The summed E-state index contributed by atoms with van der Waals surface area (Å²) in [6.07, 6.45) is 1.76. The Balaban J connectivity index is 1.54. The van der Waals surface area contributed by atoms with Crippen LogP contribution in [0.5, 0.6) is 0 Å². The van der Waals surface area contributed by atoms with Crippen LogP contribution in [-0.2, 0) is 14.8 Å². The number of ether oxygens (including phenoxy) is 1. The number of hydrogen-bond acceptors (Lipinski definition) is 6. The third-order valence-corrected chi connectivity index (χ3v) is 6.06. The molecule has 0 saturated carbocycles. The molecule has 4 rings (SSSR count). The van der Waals surface area contributed by atoms with E-state index in [0.717, 1.165) is 24.0 Å². The summed E-state index contributed by atoms with van der Waals surface area (Å²) in [5, 5.41) is 8.14. The van der Waals surface area contributed by atoms with E-state index in [2.05, 4.69) is 14.9 Å². The van der Waals surface area contributed by atoms with Gasteiger partial charge < -0.3 is 9.15 Å². The minimum atomic E-state index is -3.65. The van der Waals surface area contributed by atoms with Gasteiger partial charge in [0.1, 0.15) is 0 Å². The molecule has 0 radical (unpaired) electrons. The van der Waals surface area contributed by atoms with Gasteiger partial charge in [0, 0.05) is 24.3 Å². The zero-order chi connectivity index (χ0) is 19.6. The molecule has 7 nitrogen and oxygen atoms in total. The van der Waals surface area contributed by atoms with E-state index in [9.17, 15) is 8.42 Å². The van der Waals surface area contributed by atoms with Crippen LogP contribution in [0.25, 0.3) is 22.9 Å². The Morgan fingerprint density at radius 3 is 2.54 bits per heavy atom. The van der Waals surface area contributed by atoms with E-state index in [-0.39, 0.29) is 23.4 Å². The fraction of sp³-hybridized carbons (Fsp3) is 0.300. The minimum absolute atomic E-state index is 0.0639. The number of nitrogens with zero attached hydrogens (tertiary/aromatic N) is 2. The first-order valence-electron chi connectivity index (χ1n) is 9.13.